The van der Waals surface area contributed by atoms with Gasteiger partial charge in [0.25, 0.3) is 0 Å². The average Bonchev–Trinajstić information content (AvgIpc) is 2.82. The minimum absolute atomic E-state index is 1.04. The van der Waals surface area contributed by atoms with Gasteiger partial charge in [0.1, 0.15) is 0 Å². The molecular formula is C15H20N4. The highest BCUT2D eigenvalue weighted by Gasteiger charge is 2.18. The van der Waals surface area contributed by atoms with Crippen LogP contribution in [-0.2, 0) is 7.05 Å². The highest BCUT2D eigenvalue weighted by Crippen LogP contribution is 2.30. The molecular weight excluding hydrogens is 236 g/mol. The number of aryl methyl sites for hydroxylation is 2. The Morgan fingerprint density at radius 2 is 2.00 bits per heavy atom. The molecule has 2 aromatic rings. The lowest BCUT2D eigenvalue weighted by atomic mass is 10.1. The molecule has 1 aromatic carbocycles. The number of nitrogens with zero attached hydrogens (tertiary/aromatic N) is 3. The third-order valence-corrected chi connectivity index (χ3v) is 3.67. The molecule has 0 radical (unpaired) electrons. The molecule has 0 aliphatic carbocycles. The van der Waals surface area contributed by atoms with Gasteiger partial charge in [0.15, 0.2) is 0 Å². The number of hydrogen-bond acceptors (Lipinski definition) is 3. The highest BCUT2D eigenvalue weighted by molar-refractivity contribution is 5.75. The Morgan fingerprint density at radius 3 is 2.74 bits per heavy atom. The molecule has 0 atom stereocenters. The Hall–Kier alpha value is -1.81. The zero-order chi connectivity index (χ0) is 13.2. The lowest BCUT2D eigenvalue weighted by Gasteiger charge is -2.29. The van der Waals surface area contributed by atoms with Crippen molar-refractivity contribution < 1.29 is 0 Å². The fourth-order valence-electron chi connectivity index (χ4n) is 2.69. The van der Waals surface area contributed by atoms with E-state index in [2.05, 4.69) is 46.5 Å². The van der Waals surface area contributed by atoms with Gasteiger partial charge in [0, 0.05) is 38.8 Å². The fourth-order valence-corrected chi connectivity index (χ4v) is 2.69. The molecule has 1 aliphatic rings. The van der Waals surface area contributed by atoms with Gasteiger partial charge >= 0.3 is 0 Å². The lowest BCUT2D eigenvalue weighted by molar-refractivity contribution is 0.589. The second kappa shape index (κ2) is 5.05. The normalized spacial score (nSPS) is 15.8. The van der Waals surface area contributed by atoms with Crippen molar-refractivity contribution in [3.05, 3.63) is 36.0 Å². The van der Waals surface area contributed by atoms with Gasteiger partial charge in [-0.15, -0.1) is 0 Å². The molecule has 0 bridgehead atoms. The molecule has 0 unspecified atom stereocenters. The van der Waals surface area contributed by atoms with E-state index in [1.807, 2.05) is 17.9 Å². The Bertz CT molecular complexity index is 567. The SMILES string of the molecule is Cc1cccc(-c2c(N3CCNCC3)cnn2C)c1. The van der Waals surface area contributed by atoms with E-state index in [9.17, 15) is 0 Å². The van der Waals surface area contributed by atoms with Gasteiger partial charge in [-0.05, 0) is 13.0 Å². The van der Waals surface area contributed by atoms with Crippen LogP contribution in [0.1, 0.15) is 5.56 Å². The zero-order valence-electron chi connectivity index (χ0n) is 11.6. The Balaban J connectivity index is 2.03. The quantitative estimate of drug-likeness (QED) is 0.889. The van der Waals surface area contributed by atoms with Gasteiger partial charge in [0.05, 0.1) is 17.6 Å². The second-order valence-electron chi connectivity index (χ2n) is 5.11. The summed E-state index contributed by atoms with van der Waals surface area (Å²) in [6.45, 7) is 6.31. The molecule has 0 saturated carbocycles. The number of benzene rings is 1. The van der Waals surface area contributed by atoms with Gasteiger partial charge in [-0.25, -0.2) is 0 Å². The number of rotatable bonds is 2. The number of nitrogens with one attached hydrogen (secondary N) is 1. The Morgan fingerprint density at radius 1 is 1.21 bits per heavy atom. The van der Waals surface area contributed by atoms with E-state index in [1.54, 1.807) is 0 Å². The highest BCUT2D eigenvalue weighted by atomic mass is 15.3. The maximum absolute atomic E-state index is 4.45. The van der Waals surface area contributed by atoms with Crippen molar-refractivity contribution in [2.75, 3.05) is 31.1 Å². The first-order chi connectivity index (χ1) is 9.25. The van der Waals surface area contributed by atoms with Crippen molar-refractivity contribution in [1.29, 1.82) is 0 Å². The van der Waals surface area contributed by atoms with Crippen molar-refractivity contribution in [3.63, 3.8) is 0 Å². The summed E-state index contributed by atoms with van der Waals surface area (Å²) in [6.07, 6.45) is 1.99. The first-order valence-corrected chi connectivity index (χ1v) is 6.80. The van der Waals surface area contributed by atoms with Crippen molar-refractivity contribution >= 4 is 5.69 Å². The van der Waals surface area contributed by atoms with Gasteiger partial charge in [0.2, 0.25) is 0 Å². The van der Waals surface area contributed by atoms with Crippen LogP contribution in [0.5, 0.6) is 0 Å². The molecule has 100 valence electrons. The fraction of sp³-hybridized carbons (Fsp3) is 0.400. The van der Waals surface area contributed by atoms with Crippen molar-refractivity contribution in [2.24, 2.45) is 7.05 Å². The lowest BCUT2D eigenvalue weighted by Crippen LogP contribution is -2.43. The zero-order valence-corrected chi connectivity index (χ0v) is 11.6. The Labute approximate surface area is 114 Å². The molecule has 1 aliphatic heterocycles. The van der Waals surface area contributed by atoms with E-state index < -0.39 is 0 Å². The van der Waals surface area contributed by atoms with Crippen LogP contribution in [-0.4, -0.2) is 36.0 Å². The molecule has 1 N–H and O–H groups in total. The standard InChI is InChI=1S/C15H20N4/c1-12-4-3-5-13(10-12)15-14(11-17-18(15)2)19-8-6-16-7-9-19/h3-5,10-11,16H,6-9H2,1-2H3. The largest absolute Gasteiger partial charge is 0.366 e. The minimum Gasteiger partial charge on any atom is -0.366 e. The maximum atomic E-state index is 4.45. The summed E-state index contributed by atoms with van der Waals surface area (Å²) in [5.41, 5.74) is 4.98. The second-order valence-corrected chi connectivity index (χ2v) is 5.11. The van der Waals surface area contributed by atoms with E-state index in [4.69, 9.17) is 0 Å². The van der Waals surface area contributed by atoms with Crippen LogP contribution in [0.2, 0.25) is 0 Å². The summed E-state index contributed by atoms with van der Waals surface area (Å²) < 4.78 is 1.98. The van der Waals surface area contributed by atoms with Gasteiger partial charge in [-0.3, -0.25) is 4.68 Å². The van der Waals surface area contributed by atoms with Gasteiger partial charge in [-0.2, -0.15) is 5.10 Å². The molecule has 1 aromatic heterocycles. The minimum atomic E-state index is 1.04. The van der Waals surface area contributed by atoms with Crippen molar-refractivity contribution in [3.8, 4) is 11.3 Å². The summed E-state index contributed by atoms with van der Waals surface area (Å²) in [6, 6.07) is 8.63. The molecule has 4 nitrogen and oxygen atoms in total. The van der Waals surface area contributed by atoms with Crippen LogP contribution in [0.3, 0.4) is 0 Å². The molecule has 4 heteroatoms. The van der Waals surface area contributed by atoms with Gasteiger partial charge < -0.3 is 10.2 Å². The summed E-state index contributed by atoms with van der Waals surface area (Å²) in [4.78, 5) is 2.42. The van der Waals surface area contributed by atoms with E-state index in [1.165, 1.54) is 22.5 Å². The van der Waals surface area contributed by atoms with Crippen LogP contribution in [0.25, 0.3) is 11.3 Å². The van der Waals surface area contributed by atoms with E-state index in [0.29, 0.717) is 0 Å². The summed E-state index contributed by atoms with van der Waals surface area (Å²) in [5, 5.41) is 7.84. The topological polar surface area (TPSA) is 33.1 Å². The number of aromatic nitrogens is 2. The molecule has 19 heavy (non-hydrogen) atoms. The maximum Gasteiger partial charge on any atom is 0.0912 e. The van der Waals surface area contributed by atoms with E-state index in [0.717, 1.165) is 26.2 Å². The first-order valence-electron chi connectivity index (χ1n) is 6.80. The smallest absolute Gasteiger partial charge is 0.0912 e. The van der Waals surface area contributed by atoms with E-state index >= 15 is 0 Å². The third kappa shape index (κ3) is 2.36. The van der Waals surface area contributed by atoms with Gasteiger partial charge in [-0.1, -0.05) is 23.8 Å². The number of anilines is 1. The first kappa shape index (κ1) is 12.2. The molecule has 1 saturated heterocycles. The summed E-state index contributed by atoms with van der Waals surface area (Å²) in [5.74, 6) is 0. The monoisotopic (exact) mass is 256 g/mol. The van der Waals surface area contributed by atoms with Crippen LogP contribution < -0.4 is 10.2 Å². The predicted octanol–water partition coefficient (Wildman–Crippen LogP) is 1.81. The molecule has 0 amide bonds. The predicted molar refractivity (Wildman–Crippen MR) is 78.5 cm³/mol. The molecule has 0 spiro atoms. The summed E-state index contributed by atoms with van der Waals surface area (Å²) >= 11 is 0. The van der Waals surface area contributed by atoms with Crippen LogP contribution in [0.15, 0.2) is 30.5 Å². The van der Waals surface area contributed by atoms with Crippen LogP contribution in [0, 0.1) is 6.92 Å². The number of piperazine rings is 1. The number of hydrogen-bond donors (Lipinski definition) is 1. The molecule has 1 fully saturated rings. The average molecular weight is 256 g/mol. The van der Waals surface area contributed by atoms with Crippen molar-refractivity contribution in [2.45, 2.75) is 6.92 Å². The summed E-state index contributed by atoms with van der Waals surface area (Å²) in [7, 11) is 2.02. The third-order valence-electron chi connectivity index (χ3n) is 3.67. The van der Waals surface area contributed by atoms with Crippen molar-refractivity contribution in [1.82, 2.24) is 15.1 Å². The van der Waals surface area contributed by atoms with Crippen LogP contribution in [0.4, 0.5) is 5.69 Å². The molecule has 3 rings (SSSR count). The van der Waals surface area contributed by atoms with E-state index in [-0.39, 0.29) is 0 Å². The van der Waals surface area contributed by atoms with Crippen LogP contribution >= 0.6 is 0 Å². The Kier molecular flexibility index (Phi) is 3.25. The molecule has 2 heterocycles.